The molecule has 2 saturated heterocycles. The molecular formula is C45H52Cl2F4N8O6. The fourth-order valence-electron chi connectivity index (χ4n) is 8.45. The van der Waals surface area contributed by atoms with E-state index in [-0.39, 0.29) is 48.2 Å². The van der Waals surface area contributed by atoms with Crippen LogP contribution in [0, 0.1) is 11.7 Å². The summed E-state index contributed by atoms with van der Waals surface area (Å²) in [5, 5.41) is 3.07. The van der Waals surface area contributed by atoms with Crippen LogP contribution < -0.4 is 10.1 Å². The molecule has 4 heterocycles. The maximum absolute atomic E-state index is 16.1. The highest BCUT2D eigenvalue weighted by molar-refractivity contribution is 6.31. The lowest BCUT2D eigenvalue weighted by molar-refractivity contribution is -0.166. The number of carbonyl (C=O) groups is 4. The zero-order valence-corrected chi connectivity index (χ0v) is 38.4. The van der Waals surface area contributed by atoms with Crippen molar-refractivity contribution < 1.29 is 46.2 Å². The first-order valence-corrected chi connectivity index (χ1v) is 21.7. The molecule has 0 aliphatic carbocycles. The molecule has 0 spiro atoms. The van der Waals surface area contributed by atoms with Crippen molar-refractivity contribution >= 4 is 46.8 Å². The molecular weight excluding hydrogens is 895 g/mol. The van der Waals surface area contributed by atoms with E-state index >= 15 is 4.39 Å². The maximum Gasteiger partial charge on any atom is 0.389 e. The Kier molecular flexibility index (Phi) is 15.5. The summed E-state index contributed by atoms with van der Waals surface area (Å²) in [6.45, 7) is 0.767. The third-order valence-corrected chi connectivity index (χ3v) is 12.4. The molecule has 6 rings (SSSR count). The summed E-state index contributed by atoms with van der Waals surface area (Å²) in [5.41, 5.74) is 0.598. The first kappa shape index (κ1) is 49.1. The molecule has 2 aromatic heterocycles. The number of fused-ring (bicyclic) bond motifs is 2. The summed E-state index contributed by atoms with van der Waals surface area (Å²) in [7, 11) is 8.56. The van der Waals surface area contributed by atoms with E-state index in [4.69, 9.17) is 32.7 Å². The second-order valence-corrected chi connectivity index (χ2v) is 17.8. The third kappa shape index (κ3) is 11.8. The number of hydrogen-bond donors (Lipinski definition) is 1. The number of amides is 4. The van der Waals surface area contributed by atoms with E-state index in [9.17, 15) is 32.3 Å². The number of alkyl halides is 3. The normalized spacial score (nSPS) is 21.5. The van der Waals surface area contributed by atoms with E-state index in [0.717, 1.165) is 28.0 Å². The molecule has 1 N–H and O–H groups in total. The average molecular weight is 948 g/mol. The lowest BCUT2D eigenvalue weighted by Gasteiger charge is -2.50. The van der Waals surface area contributed by atoms with Crippen molar-refractivity contribution in [2.75, 3.05) is 47.9 Å². The van der Waals surface area contributed by atoms with Gasteiger partial charge in [0, 0.05) is 56.3 Å². The molecule has 0 radical (unpaired) electrons. The standard InChI is InChI=1S/C45H52Cl2F4N8O6/c1-27-41(61)54-36(25-64-6)43(63)57(5)44(19-28-8-10-30(46)11-9-28)14-7-15-58(26-44)42(62)29(20-45(49,50)51)16-40(60)59(27)23-33-34(48)17-31(47)18-38(33)65-32-12-13-35(52-21-32)37-22-53-39(56(37)4)24-55(2)3/h8-13,17-18,21-22,27,29,36H,7,14-16,19-20,23-26H2,1-6H3,(H,54,61)/t27-,29-,36-,44+/m0/s1. The molecule has 4 amide bonds. The van der Waals surface area contributed by atoms with Gasteiger partial charge in [-0.25, -0.2) is 9.37 Å². The monoisotopic (exact) mass is 946 g/mol. The number of nitrogens with one attached hydrogen (secondary N) is 1. The molecule has 2 fully saturated rings. The molecule has 4 atom stereocenters. The second-order valence-electron chi connectivity index (χ2n) is 16.9. The average Bonchev–Trinajstić information content (AvgIpc) is 3.60. The summed E-state index contributed by atoms with van der Waals surface area (Å²) < 4.78 is 72.6. The van der Waals surface area contributed by atoms with Crippen LogP contribution in [0.2, 0.25) is 10.0 Å². The van der Waals surface area contributed by atoms with Gasteiger partial charge in [-0.2, -0.15) is 13.2 Å². The predicted octanol–water partition coefficient (Wildman–Crippen LogP) is 6.66. The van der Waals surface area contributed by atoms with Gasteiger partial charge in [0.05, 0.1) is 61.4 Å². The third-order valence-electron chi connectivity index (χ3n) is 11.9. The van der Waals surface area contributed by atoms with Crippen molar-refractivity contribution in [1.29, 1.82) is 0 Å². The van der Waals surface area contributed by atoms with Crippen LogP contribution in [0.15, 0.2) is 60.9 Å². The Morgan fingerprint density at radius 2 is 1.69 bits per heavy atom. The summed E-state index contributed by atoms with van der Waals surface area (Å²) in [6, 6.07) is 9.51. The fourth-order valence-corrected chi connectivity index (χ4v) is 8.77. The second kappa shape index (κ2) is 20.5. The van der Waals surface area contributed by atoms with E-state index in [1.54, 1.807) is 42.6 Å². The van der Waals surface area contributed by atoms with Gasteiger partial charge in [-0.3, -0.25) is 24.2 Å². The van der Waals surface area contributed by atoms with Gasteiger partial charge in [-0.1, -0.05) is 35.3 Å². The molecule has 2 bridgehead atoms. The van der Waals surface area contributed by atoms with E-state index in [0.29, 0.717) is 30.1 Å². The zero-order chi connectivity index (χ0) is 47.4. The van der Waals surface area contributed by atoms with E-state index in [1.807, 2.05) is 30.6 Å². The van der Waals surface area contributed by atoms with Crippen LogP contribution in [0.4, 0.5) is 17.6 Å². The number of halogens is 6. The topological polar surface area (TPSA) is 142 Å². The summed E-state index contributed by atoms with van der Waals surface area (Å²) in [5.74, 6) is -5.62. The minimum absolute atomic E-state index is 0.0657. The van der Waals surface area contributed by atoms with Crippen LogP contribution in [-0.4, -0.2) is 130 Å². The van der Waals surface area contributed by atoms with Gasteiger partial charge in [0.2, 0.25) is 23.6 Å². The van der Waals surface area contributed by atoms with Gasteiger partial charge < -0.3 is 39.0 Å². The largest absolute Gasteiger partial charge is 0.455 e. The number of carbonyl (C=O) groups excluding carboxylic acids is 4. The number of piperidine rings is 1. The smallest absolute Gasteiger partial charge is 0.389 e. The molecule has 20 heteroatoms. The molecule has 4 aromatic rings. The highest BCUT2D eigenvalue weighted by Crippen LogP contribution is 2.37. The highest BCUT2D eigenvalue weighted by Gasteiger charge is 2.48. The molecule has 65 heavy (non-hydrogen) atoms. The predicted molar refractivity (Wildman–Crippen MR) is 234 cm³/mol. The number of likely N-dealkylation sites (N-methyl/N-ethyl adjacent to an activating group) is 1. The van der Waals surface area contributed by atoms with Crippen molar-refractivity contribution in [1.82, 2.24) is 39.5 Å². The molecule has 14 nitrogen and oxygen atoms in total. The Bertz CT molecular complexity index is 2370. The van der Waals surface area contributed by atoms with Gasteiger partial charge in [-0.05, 0) is 82.2 Å². The number of benzene rings is 2. The number of hydrogen-bond acceptors (Lipinski definition) is 9. The minimum atomic E-state index is -4.88. The maximum atomic E-state index is 16.1. The zero-order valence-electron chi connectivity index (χ0n) is 36.9. The number of aromatic nitrogens is 3. The molecule has 2 aliphatic heterocycles. The summed E-state index contributed by atoms with van der Waals surface area (Å²) in [6.07, 6.45) is -3.57. The molecule has 2 aromatic carbocycles. The number of ether oxygens (including phenoxy) is 2. The van der Waals surface area contributed by atoms with Crippen LogP contribution in [0.25, 0.3) is 11.4 Å². The quantitative estimate of drug-likeness (QED) is 0.154. The van der Waals surface area contributed by atoms with Crippen LogP contribution in [-0.2, 0) is 50.5 Å². The van der Waals surface area contributed by atoms with Crippen LogP contribution in [0.3, 0.4) is 0 Å². The number of pyridine rings is 1. The van der Waals surface area contributed by atoms with Crippen molar-refractivity contribution in [2.45, 2.75) is 75.9 Å². The number of rotatable bonds is 12. The molecule has 0 unspecified atom stereocenters. The molecule has 350 valence electrons. The van der Waals surface area contributed by atoms with Gasteiger partial charge >= 0.3 is 6.18 Å². The Morgan fingerprint density at radius 1 is 0.969 bits per heavy atom. The van der Waals surface area contributed by atoms with Gasteiger partial charge in [0.15, 0.2) is 0 Å². The lowest BCUT2D eigenvalue weighted by atomic mass is 9.80. The van der Waals surface area contributed by atoms with Gasteiger partial charge in [0.1, 0.15) is 35.2 Å². The first-order valence-electron chi connectivity index (χ1n) is 20.9. The minimum Gasteiger partial charge on any atom is -0.455 e. The van der Waals surface area contributed by atoms with Crippen LogP contribution in [0.1, 0.15) is 49.6 Å². The highest BCUT2D eigenvalue weighted by atomic mass is 35.5. The van der Waals surface area contributed by atoms with Crippen molar-refractivity contribution in [3.63, 3.8) is 0 Å². The van der Waals surface area contributed by atoms with Crippen LogP contribution >= 0.6 is 23.2 Å². The van der Waals surface area contributed by atoms with Crippen LogP contribution in [0.5, 0.6) is 11.5 Å². The number of methoxy groups -OCH3 is 1. The SMILES string of the molecule is COC[C@@H]1NC(=O)[C@H](C)N(Cc2c(F)cc(Cl)cc2Oc2ccc(-c3cnc(CN(C)C)n3C)nc2)C(=O)C[C@@H](CC(F)(F)F)C(=O)N2CCC[C@@](Cc3ccc(Cl)cc3)(C2)N(C)C1=O. The lowest BCUT2D eigenvalue weighted by Crippen LogP contribution is -2.65. The number of nitrogens with zero attached hydrogens (tertiary/aromatic N) is 7. The van der Waals surface area contributed by atoms with Crippen molar-refractivity contribution in [3.8, 4) is 22.9 Å². The summed E-state index contributed by atoms with van der Waals surface area (Å²) in [4.78, 5) is 72.2. The fraction of sp³-hybridized carbons (Fsp3) is 0.467. The Hall–Kier alpha value is -5.30. The number of imidazole rings is 1. The summed E-state index contributed by atoms with van der Waals surface area (Å²) >= 11 is 12.5. The van der Waals surface area contributed by atoms with E-state index in [1.165, 1.54) is 43.1 Å². The van der Waals surface area contributed by atoms with Crippen molar-refractivity contribution in [2.24, 2.45) is 13.0 Å². The van der Waals surface area contributed by atoms with Gasteiger partial charge in [-0.15, -0.1) is 0 Å². The van der Waals surface area contributed by atoms with Crippen molar-refractivity contribution in [3.05, 3.63) is 93.7 Å². The van der Waals surface area contributed by atoms with E-state index < -0.39 is 78.5 Å². The van der Waals surface area contributed by atoms with Gasteiger partial charge in [0.25, 0.3) is 0 Å². The molecule has 2 aliphatic rings. The van der Waals surface area contributed by atoms with E-state index in [2.05, 4.69) is 15.3 Å². The molecule has 0 saturated carbocycles. The Labute approximate surface area is 384 Å². The first-order chi connectivity index (χ1) is 30.7. The Balaban J connectivity index is 1.37. The Morgan fingerprint density at radius 3 is 2.34 bits per heavy atom.